The van der Waals surface area contributed by atoms with E-state index in [-0.39, 0.29) is 37.6 Å². The fourth-order valence-corrected chi connectivity index (χ4v) is 1.61. The van der Waals surface area contributed by atoms with E-state index < -0.39 is 23.8 Å². The smallest absolute Gasteiger partial charge is 0.330 e. The fraction of sp³-hybridized carbons (Fsp3) is 0.222. The molecule has 0 radical (unpaired) electrons. The van der Waals surface area contributed by atoms with Gasteiger partial charge < -0.3 is 9.47 Å². The van der Waals surface area contributed by atoms with Gasteiger partial charge >= 0.3 is 11.9 Å². The van der Waals surface area contributed by atoms with Crippen LogP contribution in [0.3, 0.4) is 0 Å². The molecule has 0 saturated heterocycles. The lowest BCUT2D eigenvalue weighted by atomic mass is 10.1. The second-order valence-corrected chi connectivity index (χ2v) is 4.88. The average molecular weight is 392 g/mol. The van der Waals surface area contributed by atoms with Gasteiger partial charge in [0.15, 0.2) is 0 Å². The molecule has 0 bridgehead atoms. The number of benzene rings is 1. The molecule has 10 nitrogen and oxygen atoms in total. The summed E-state index contributed by atoms with van der Waals surface area (Å²) in [6.45, 7) is 6.31. The number of hydrogen-bond donors (Lipinski definition) is 2. The fourth-order valence-electron chi connectivity index (χ4n) is 1.61. The summed E-state index contributed by atoms with van der Waals surface area (Å²) >= 11 is 0. The number of ether oxygens (including phenoxy) is 2. The molecule has 0 aliphatic rings. The minimum atomic E-state index is -0.592. The molecule has 1 aromatic rings. The molecule has 0 unspecified atom stereocenters. The molecule has 0 heterocycles. The highest BCUT2D eigenvalue weighted by Gasteiger charge is 2.09. The summed E-state index contributed by atoms with van der Waals surface area (Å²) in [7, 11) is 0. The molecule has 1 rings (SSSR count). The molecule has 0 fully saturated rings. The summed E-state index contributed by atoms with van der Waals surface area (Å²) in [6, 6.07) is 5.66. The topological polar surface area (TPSA) is 129 Å². The van der Waals surface area contributed by atoms with E-state index >= 15 is 0 Å². The summed E-state index contributed by atoms with van der Waals surface area (Å²) < 4.78 is 9.33. The molecular weight excluding hydrogens is 372 g/mol. The molecule has 2 amide bonds. The van der Waals surface area contributed by atoms with Gasteiger partial charge in [0.2, 0.25) is 0 Å². The Bertz CT molecular complexity index is 654. The number of esters is 2. The Labute approximate surface area is 161 Å². The van der Waals surface area contributed by atoms with Gasteiger partial charge in [-0.05, 0) is 24.3 Å². The first-order valence-electron chi connectivity index (χ1n) is 8.00. The van der Waals surface area contributed by atoms with Crippen LogP contribution in [0.5, 0.6) is 0 Å². The van der Waals surface area contributed by atoms with Crippen LogP contribution in [-0.2, 0) is 28.7 Å². The van der Waals surface area contributed by atoms with E-state index in [1.807, 2.05) is 0 Å². The van der Waals surface area contributed by atoms with Crippen LogP contribution in [0.25, 0.3) is 0 Å². The third-order valence-corrected chi connectivity index (χ3v) is 2.93. The third-order valence-electron chi connectivity index (χ3n) is 2.93. The Morgan fingerprint density at radius 3 is 1.39 bits per heavy atom. The maximum Gasteiger partial charge on any atom is 0.330 e. The summed E-state index contributed by atoms with van der Waals surface area (Å²) in [5, 5.41) is 0. The molecule has 0 saturated carbocycles. The summed E-state index contributed by atoms with van der Waals surface area (Å²) in [5.41, 5.74) is 4.84. The Morgan fingerprint density at radius 1 is 0.714 bits per heavy atom. The maximum absolute atomic E-state index is 11.9. The third kappa shape index (κ3) is 8.74. The van der Waals surface area contributed by atoms with Gasteiger partial charge in [-0.25, -0.2) is 20.5 Å². The summed E-state index contributed by atoms with van der Waals surface area (Å²) in [4.78, 5) is 55.1. The molecule has 150 valence electrons. The monoisotopic (exact) mass is 392 g/mol. The number of hydroxylamine groups is 2. The predicted octanol–water partition coefficient (Wildman–Crippen LogP) is 0.468. The largest absolute Gasteiger partial charge is 0.460 e. The molecule has 28 heavy (non-hydrogen) atoms. The van der Waals surface area contributed by atoms with Crippen molar-refractivity contribution in [1.29, 1.82) is 0 Å². The highest BCUT2D eigenvalue weighted by molar-refractivity contribution is 5.97. The van der Waals surface area contributed by atoms with Crippen molar-refractivity contribution in [3.05, 3.63) is 60.7 Å². The van der Waals surface area contributed by atoms with Crippen LogP contribution >= 0.6 is 0 Å². The van der Waals surface area contributed by atoms with Gasteiger partial charge in [0.25, 0.3) is 11.8 Å². The van der Waals surface area contributed by atoms with Crippen molar-refractivity contribution in [2.24, 2.45) is 0 Å². The Hall–Kier alpha value is -3.50. The molecule has 0 aliphatic carbocycles. The molecule has 2 N–H and O–H groups in total. The minimum absolute atomic E-state index is 0.0364. The lowest BCUT2D eigenvalue weighted by Crippen LogP contribution is -2.27. The van der Waals surface area contributed by atoms with E-state index in [1.54, 1.807) is 0 Å². The molecule has 0 spiro atoms. The zero-order valence-corrected chi connectivity index (χ0v) is 15.0. The first kappa shape index (κ1) is 22.5. The normalized spacial score (nSPS) is 9.71. The highest BCUT2D eigenvalue weighted by atomic mass is 16.7. The Kier molecular flexibility index (Phi) is 10.3. The Balaban J connectivity index is 2.31. The molecule has 0 aliphatic heterocycles. The zero-order valence-electron chi connectivity index (χ0n) is 15.0. The number of carbonyl (C=O) groups excluding carboxylic acids is 4. The predicted molar refractivity (Wildman–Crippen MR) is 95.6 cm³/mol. The number of hydrogen-bond acceptors (Lipinski definition) is 8. The van der Waals surface area contributed by atoms with E-state index in [4.69, 9.17) is 9.68 Å². The lowest BCUT2D eigenvalue weighted by Gasteiger charge is -2.08. The number of rotatable bonds is 12. The van der Waals surface area contributed by atoms with Gasteiger partial charge in [-0.2, -0.15) is 0 Å². The van der Waals surface area contributed by atoms with Crippen molar-refractivity contribution in [3.63, 3.8) is 0 Å². The number of nitrogens with one attached hydrogen (secondary N) is 2. The van der Waals surface area contributed by atoms with Crippen LogP contribution in [0.2, 0.25) is 0 Å². The molecule has 0 aromatic heterocycles. The van der Waals surface area contributed by atoms with Crippen LogP contribution in [0.4, 0.5) is 0 Å². The quantitative estimate of drug-likeness (QED) is 0.227. The van der Waals surface area contributed by atoms with E-state index in [9.17, 15) is 19.2 Å². The molecular formula is C18H20N2O8. The summed E-state index contributed by atoms with van der Waals surface area (Å²) in [5.74, 6) is -2.26. The first-order chi connectivity index (χ1) is 13.5. The molecule has 10 heteroatoms. The van der Waals surface area contributed by atoms with Gasteiger partial charge in [-0.3, -0.25) is 19.3 Å². The van der Waals surface area contributed by atoms with Gasteiger partial charge in [-0.1, -0.05) is 13.2 Å². The molecule has 1 aromatic carbocycles. The zero-order chi connectivity index (χ0) is 20.8. The van der Waals surface area contributed by atoms with E-state index in [0.29, 0.717) is 0 Å². The van der Waals surface area contributed by atoms with Gasteiger partial charge in [0.1, 0.15) is 26.4 Å². The van der Waals surface area contributed by atoms with Crippen molar-refractivity contribution in [2.75, 3.05) is 26.4 Å². The minimum Gasteiger partial charge on any atom is -0.460 e. The van der Waals surface area contributed by atoms with Crippen molar-refractivity contribution in [2.45, 2.75) is 0 Å². The van der Waals surface area contributed by atoms with Crippen LogP contribution in [0.15, 0.2) is 49.6 Å². The van der Waals surface area contributed by atoms with Crippen molar-refractivity contribution in [1.82, 2.24) is 11.0 Å². The van der Waals surface area contributed by atoms with E-state index in [0.717, 1.165) is 12.2 Å². The van der Waals surface area contributed by atoms with Gasteiger partial charge in [0.05, 0.1) is 0 Å². The average Bonchev–Trinajstić information content (AvgIpc) is 2.72. The highest BCUT2D eigenvalue weighted by Crippen LogP contribution is 2.04. The van der Waals surface area contributed by atoms with Crippen LogP contribution in [-0.4, -0.2) is 50.2 Å². The Morgan fingerprint density at radius 2 is 1.07 bits per heavy atom. The lowest BCUT2D eigenvalue weighted by molar-refractivity contribution is -0.140. The standard InChI is InChI=1S/C18H20N2O8/c1-3-15(21)25-9-11-27-19-17(23)13-5-7-14(8-6-13)18(24)20-28-12-10-26-16(22)4-2/h3-8H,1-2,9-12H2,(H,19,23)(H,20,24). The second-order valence-electron chi connectivity index (χ2n) is 4.88. The van der Waals surface area contributed by atoms with Gasteiger partial charge in [-0.15, -0.1) is 0 Å². The van der Waals surface area contributed by atoms with Crippen LogP contribution < -0.4 is 11.0 Å². The number of amides is 2. The van der Waals surface area contributed by atoms with Crippen molar-refractivity contribution < 1.29 is 38.3 Å². The SMILES string of the molecule is C=CC(=O)OCCONC(=O)c1ccc(C(=O)NOCCOC(=O)C=C)cc1. The van der Waals surface area contributed by atoms with Crippen LogP contribution in [0.1, 0.15) is 20.7 Å². The van der Waals surface area contributed by atoms with E-state index in [1.165, 1.54) is 24.3 Å². The maximum atomic E-state index is 11.9. The first-order valence-corrected chi connectivity index (χ1v) is 8.00. The van der Waals surface area contributed by atoms with E-state index in [2.05, 4.69) is 33.6 Å². The van der Waals surface area contributed by atoms with Crippen molar-refractivity contribution >= 4 is 23.8 Å². The second kappa shape index (κ2) is 12.8. The van der Waals surface area contributed by atoms with Crippen molar-refractivity contribution in [3.8, 4) is 0 Å². The summed E-state index contributed by atoms with van der Waals surface area (Å²) in [6.07, 6.45) is 2.03. The van der Waals surface area contributed by atoms with Gasteiger partial charge in [0, 0.05) is 23.3 Å². The number of carbonyl (C=O) groups is 4. The molecule has 0 atom stereocenters. The van der Waals surface area contributed by atoms with Crippen LogP contribution in [0, 0.1) is 0 Å².